The molecule has 2 N–H and O–H groups in total. The van der Waals surface area contributed by atoms with Gasteiger partial charge in [-0.15, -0.1) is 10.2 Å². The van der Waals surface area contributed by atoms with Gasteiger partial charge in [0.05, 0.1) is 0 Å². The van der Waals surface area contributed by atoms with E-state index in [9.17, 15) is 13.6 Å². The molecule has 25 heavy (non-hydrogen) atoms. The molecule has 0 unspecified atom stereocenters. The maximum atomic E-state index is 14.1. The highest BCUT2D eigenvalue weighted by molar-refractivity contribution is 7.14. The highest BCUT2D eigenvalue weighted by Gasteiger charge is 2.19. The summed E-state index contributed by atoms with van der Waals surface area (Å²) in [5.41, 5.74) is 4.96. The van der Waals surface area contributed by atoms with E-state index in [4.69, 9.17) is 22.1 Å². The lowest BCUT2D eigenvalue weighted by Crippen LogP contribution is -2.16. The molecule has 0 atom stereocenters. The Morgan fingerprint density at radius 3 is 2.56 bits per heavy atom. The summed E-state index contributed by atoms with van der Waals surface area (Å²) in [6.07, 6.45) is 0. The van der Waals surface area contributed by atoms with Crippen LogP contribution in [0.15, 0.2) is 36.4 Å². The number of ether oxygens (including phenoxy) is 1. The first kappa shape index (κ1) is 17.2. The van der Waals surface area contributed by atoms with Crippen LogP contribution in [0.1, 0.15) is 15.4 Å². The van der Waals surface area contributed by atoms with E-state index in [1.807, 2.05) is 0 Å². The van der Waals surface area contributed by atoms with Gasteiger partial charge in [-0.1, -0.05) is 35.1 Å². The van der Waals surface area contributed by atoms with Crippen LogP contribution in [0.5, 0.6) is 5.75 Å². The molecule has 3 aromatic rings. The number of carbonyl (C=O) groups is 1. The minimum atomic E-state index is -1.21. The number of benzene rings is 2. The summed E-state index contributed by atoms with van der Waals surface area (Å²) >= 11 is 7.09. The van der Waals surface area contributed by atoms with Crippen molar-refractivity contribution in [1.82, 2.24) is 10.2 Å². The molecule has 1 aromatic heterocycles. The lowest BCUT2D eigenvalue weighted by Gasteiger charge is -2.08. The second-order valence-electron chi connectivity index (χ2n) is 4.90. The fourth-order valence-electron chi connectivity index (χ4n) is 2.03. The van der Waals surface area contributed by atoms with Gasteiger partial charge < -0.3 is 10.5 Å². The predicted molar refractivity (Wildman–Crippen MR) is 89.6 cm³/mol. The van der Waals surface area contributed by atoms with Gasteiger partial charge in [0.2, 0.25) is 0 Å². The number of hydrogen-bond donors (Lipinski definition) is 1. The summed E-state index contributed by atoms with van der Waals surface area (Å²) in [4.78, 5) is 11.1. The monoisotopic (exact) mass is 381 g/mol. The molecule has 9 heteroatoms. The second-order valence-corrected chi connectivity index (χ2v) is 6.39. The Morgan fingerprint density at radius 1 is 1.16 bits per heavy atom. The van der Waals surface area contributed by atoms with Crippen LogP contribution in [0.3, 0.4) is 0 Å². The van der Waals surface area contributed by atoms with Crippen molar-refractivity contribution in [1.29, 1.82) is 0 Å². The van der Waals surface area contributed by atoms with Crippen LogP contribution in [0.2, 0.25) is 5.02 Å². The number of rotatable bonds is 5. The lowest BCUT2D eigenvalue weighted by atomic mass is 10.2. The molecular weight excluding hydrogens is 372 g/mol. The number of primary amides is 1. The Labute approximate surface area is 150 Å². The Morgan fingerprint density at radius 2 is 1.88 bits per heavy atom. The number of nitrogens with two attached hydrogens (primary N) is 1. The molecule has 3 rings (SSSR count). The molecule has 0 bridgehead atoms. The van der Waals surface area contributed by atoms with E-state index >= 15 is 0 Å². The van der Waals surface area contributed by atoms with Gasteiger partial charge in [-0.25, -0.2) is 8.78 Å². The average Bonchev–Trinajstić information content (AvgIpc) is 3.03. The van der Waals surface area contributed by atoms with Crippen molar-refractivity contribution in [2.24, 2.45) is 5.73 Å². The molecule has 1 heterocycles. The van der Waals surface area contributed by atoms with Gasteiger partial charge in [-0.05, 0) is 24.3 Å². The third-order valence-corrected chi connectivity index (χ3v) is 4.41. The smallest absolute Gasteiger partial charge is 0.254 e. The molecule has 0 aliphatic rings. The summed E-state index contributed by atoms with van der Waals surface area (Å²) in [5, 5.41) is 9.72. The summed E-state index contributed by atoms with van der Waals surface area (Å²) in [5.74, 6) is -3.69. The molecule has 0 aliphatic carbocycles. The van der Waals surface area contributed by atoms with Gasteiger partial charge in [0.1, 0.15) is 23.0 Å². The minimum Gasteiger partial charge on any atom is -0.483 e. The van der Waals surface area contributed by atoms with Crippen LogP contribution in [-0.4, -0.2) is 16.1 Å². The quantitative estimate of drug-likeness (QED) is 0.728. The van der Waals surface area contributed by atoms with Crippen LogP contribution in [-0.2, 0) is 6.61 Å². The SMILES string of the molecule is NC(=O)c1c(F)ccc(OCc2nnc(-c3ccc(Cl)cc3)s2)c1F. The van der Waals surface area contributed by atoms with Gasteiger partial charge in [0.25, 0.3) is 5.91 Å². The normalized spacial score (nSPS) is 10.7. The first-order valence-electron chi connectivity index (χ1n) is 6.94. The molecule has 1 amide bonds. The van der Waals surface area contributed by atoms with E-state index in [-0.39, 0.29) is 12.4 Å². The van der Waals surface area contributed by atoms with E-state index in [0.717, 1.165) is 17.7 Å². The van der Waals surface area contributed by atoms with E-state index in [1.54, 1.807) is 24.3 Å². The molecular formula is C16H10ClF2N3O2S. The standard InChI is InChI=1S/C16H10ClF2N3O2S/c17-9-3-1-8(2-4-9)16-22-21-12(25-16)7-24-11-6-5-10(18)13(14(11)19)15(20)23/h1-6H,7H2,(H2,20,23). The summed E-state index contributed by atoms with van der Waals surface area (Å²) in [6, 6.07) is 9.05. The van der Waals surface area contributed by atoms with Crippen LogP contribution in [0.25, 0.3) is 10.6 Å². The van der Waals surface area contributed by atoms with Crippen molar-refractivity contribution in [2.75, 3.05) is 0 Å². The molecule has 2 aromatic carbocycles. The van der Waals surface area contributed by atoms with Gasteiger partial charge in [0, 0.05) is 10.6 Å². The maximum Gasteiger partial charge on any atom is 0.254 e. The first-order valence-corrected chi connectivity index (χ1v) is 8.14. The number of carbonyl (C=O) groups excluding carboxylic acids is 1. The largest absolute Gasteiger partial charge is 0.483 e. The van der Waals surface area contributed by atoms with Crippen molar-refractivity contribution < 1.29 is 18.3 Å². The van der Waals surface area contributed by atoms with Crippen molar-refractivity contribution in [3.8, 4) is 16.3 Å². The molecule has 0 saturated carbocycles. The lowest BCUT2D eigenvalue weighted by molar-refractivity contribution is 0.0991. The molecule has 0 fully saturated rings. The zero-order valence-corrected chi connectivity index (χ0v) is 14.1. The van der Waals surface area contributed by atoms with Crippen molar-refractivity contribution in [2.45, 2.75) is 6.61 Å². The van der Waals surface area contributed by atoms with E-state index in [0.29, 0.717) is 15.0 Å². The van der Waals surface area contributed by atoms with E-state index < -0.39 is 23.1 Å². The van der Waals surface area contributed by atoms with E-state index in [1.165, 1.54) is 11.3 Å². The van der Waals surface area contributed by atoms with Gasteiger partial charge in [0.15, 0.2) is 16.6 Å². The van der Waals surface area contributed by atoms with Crippen molar-refractivity contribution in [3.05, 3.63) is 63.6 Å². The van der Waals surface area contributed by atoms with Gasteiger partial charge >= 0.3 is 0 Å². The molecule has 0 saturated heterocycles. The minimum absolute atomic E-state index is 0.0913. The van der Waals surface area contributed by atoms with Crippen LogP contribution < -0.4 is 10.5 Å². The molecule has 0 spiro atoms. The fourth-order valence-corrected chi connectivity index (χ4v) is 2.92. The molecule has 5 nitrogen and oxygen atoms in total. The molecule has 0 radical (unpaired) electrons. The molecule has 128 valence electrons. The highest BCUT2D eigenvalue weighted by atomic mass is 35.5. The predicted octanol–water partition coefficient (Wildman–Crippen LogP) is 3.81. The summed E-state index contributed by atoms with van der Waals surface area (Å²) < 4.78 is 32.8. The first-order chi connectivity index (χ1) is 12.0. The number of aromatic nitrogens is 2. The van der Waals surface area contributed by atoms with Crippen molar-refractivity contribution >= 4 is 28.8 Å². The Kier molecular flexibility index (Phi) is 4.91. The number of halogens is 3. The van der Waals surface area contributed by atoms with Crippen molar-refractivity contribution in [3.63, 3.8) is 0 Å². The average molecular weight is 382 g/mol. The van der Waals surface area contributed by atoms with Crippen LogP contribution in [0.4, 0.5) is 8.78 Å². The highest BCUT2D eigenvalue weighted by Crippen LogP contribution is 2.27. The fraction of sp³-hybridized carbons (Fsp3) is 0.0625. The van der Waals surface area contributed by atoms with Gasteiger partial charge in [-0.3, -0.25) is 4.79 Å². The summed E-state index contributed by atoms with van der Waals surface area (Å²) in [6.45, 7) is -0.0913. The summed E-state index contributed by atoms with van der Waals surface area (Å²) in [7, 11) is 0. The van der Waals surface area contributed by atoms with E-state index in [2.05, 4.69) is 10.2 Å². The third kappa shape index (κ3) is 3.75. The Hall–Kier alpha value is -2.58. The third-order valence-electron chi connectivity index (χ3n) is 3.21. The number of nitrogens with zero attached hydrogens (tertiary/aromatic N) is 2. The van der Waals surface area contributed by atoms with Crippen LogP contribution in [0, 0.1) is 11.6 Å². The van der Waals surface area contributed by atoms with Crippen LogP contribution >= 0.6 is 22.9 Å². The number of amides is 1. The second kappa shape index (κ2) is 7.12. The Balaban J connectivity index is 1.76. The van der Waals surface area contributed by atoms with Gasteiger partial charge in [-0.2, -0.15) is 0 Å². The zero-order valence-electron chi connectivity index (χ0n) is 12.5. The zero-order chi connectivity index (χ0) is 18.0. The topological polar surface area (TPSA) is 78.1 Å². The Bertz CT molecular complexity index is 932. The number of hydrogen-bond acceptors (Lipinski definition) is 5. The molecule has 0 aliphatic heterocycles. The maximum absolute atomic E-state index is 14.1.